The maximum absolute atomic E-state index is 12.3. The number of hydrogen-bond donors (Lipinski definition) is 3. The highest BCUT2D eigenvalue weighted by Gasteiger charge is 2.40. The molecule has 24 heavy (non-hydrogen) atoms. The number of rotatable bonds is 6. The van der Waals surface area contributed by atoms with E-state index in [4.69, 9.17) is 0 Å². The normalized spacial score (nSPS) is 22.4. The predicted octanol–water partition coefficient (Wildman–Crippen LogP) is 2.37. The molecule has 0 aliphatic heterocycles. The van der Waals surface area contributed by atoms with Crippen LogP contribution in [0.3, 0.4) is 0 Å². The Morgan fingerprint density at radius 2 is 1.62 bits per heavy atom. The van der Waals surface area contributed by atoms with Gasteiger partial charge in [-0.1, -0.05) is 38.5 Å². The Labute approximate surface area is 143 Å². The zero-order valence-corrected chi connectivity index (χ0v) is 14.6. The average molecular weight is 338 g/mol. The van der Waals surface area contributed by atoms with E-state index in [0.717, 1.165) is 51.4 Å². The molecule has 1 atom stereocenters. The van der Waals surface area contributed by atoms with Crippen LogP contribution in [0.4, 0.5) is 0 Å². The van der Waals surface area contributed by atoms with E-state index in [9.17, 15) is 19.5 Å². The molecule has 0 radical (unpaired) electrons. The van der Waals surface area contributed by atoms with Crippen LogP contribution in [0.25, 0.3) is 0 Å². The van der Waals surface area contributed by atoms with E-state index >= 15 is 0 Å². The van der Waals surface area contributed by atoms with Crippen LogP contribution in [-0.4, -0.2) is 34.5 Å². The summed E-state index contributed by atoms with van der Waals surface area (Å²) in [5.41, 5.74) is -1.14. The smallest absolute Gasteiger partial charge is 0.329 e. The second-order valence-corrected chi connectivity index (χ2v) is 7.44. The third-order valence-electron chi connectivity index (χ3n) is 5.35. The third-order valence-corrected chi connectivity index (χ3v) is 5.35. The number of hydrogen-bond acceptors (Lipinski definition) is 3. The van der Waals surface area contributed by atoms with E-state index in [-0.39, 0.29) is 30.2 Å². The van der Waals surface area contributed by atoms with Crippen molar-refractivity contribution in [3.63, 3.8) is 0 Å². The molecule has 0 aromatic carbocycles. The lowest BCUT2D eigenvalue weighted by atomic mass is 9.90. The molecular formula is C18H30N2O4. The van der Waals surface area contributed by atoms with Gasteiger partial charge in [0.25, 0.3) is 0 Å². The minimum absolute atomic E-state index is 0.0233. The fourth-order valence-electron chi connectivity index (χ4n) is 3.92. The van der Waals surface area contributed by atoms with Crippen LogP contribution in [0.5, 0.6) is 0 Å². The van der Waals surface area contributed by atoms with Gasteiger partial charge in [0, 0.05) is 18.4 Å². The summed E-state index contributed by atoms with van der Waals surface area (Å²) in [5.74, 6) is -1.14. The molecule has 0 bridgehead atoms. The first kappa shape index (κ1) is 18.7. The van der Waals surface area contributed by atoms with Crippen LogP contribution >= 0.6 is 0 Å². The molecule has 2 aliphatic carbocycles. The van der Waals surface area contributed by atoms with E-state index in [1.165, 1.54) is 0 Å². The Bertz CT molecular complexity index is 464. The first-order valence-corrected chi connectivity index (χ1v) is 9.28. The van der Waals surface area contributed by atoms with Crippen LogP contribution in [0.1, 0.15) is 77.6 Å². The van der Waals surface area contributed by atoms with Crippen LogP contribution in [0.2, 0.25) is 0 Å². The van der Waals surface area contributed by atoms with Gasteiger partial charge in [-0.2, -0.15) is 0 Å². The minimum atomic E-state index is -1.14. The lowest BCUT2D eigenvalue weighted by Gasteiger charge is -2.30. The zero-order chi connectivity index (χ0) is 17.6. The molecule has 2 fully saturated rings. The molecule has 0 saturated heterocycles. The Kier molecular flexibility index (Phi) is 6.63. The summed E-state index contributed by atoms with van der Waals surface area (Å²) in [6.07, 6.45) is 8.78. The van der Waals surface area contributed by atoms with Crippen molar-refractivity contribution in [3.05, 3.63) is 0 Å². The fraction of sp³-hybridized carbons (Fsp3) is 0.833. The maximum Gasteiger partial charge on any atom is 0.329 e. The van der Waals surface area contributed by atoms with E-state index in [1.54, 1.807) is 6.92 Å². The Morgan fingerprint density at radius 3 is 2.17 bits per heavy atom. The number of carboxylic acids is 1. The van der Waals surface area contributed by atoms with Gasteiger partial charge in [-0.15, -0.1) is 0 Å². The summed E-state index contributed by atoms with van der Waals surface area (Å²) in [7, 11) is 0. The number of nitrogens with one attached hydrogen (secondary N) is 2. The second kappa shape index (κ2) is 8.49. The summed E-state index contributed by atoms with van der Waals surface area (Å²) in [5, 5.41) is 15.3. The van der Waals surface area contributed by atoms with E-state index in [1.807, 2.05) is 0 Å². The molecule has 2 saturated carbocycles. The monoisotopic (exact) mass is 338 g/mol. The summed E-state index contributed by atoms with van der Waals surface area (Å²) < 4.78 is 0. The van der Waals surface area contributed by atoms with Gasteiger partial charge in [0.1, 0.15) is 5.54 Å². The topological polar surface area (TPSA) is 95.5 Å². The van der Waals surface area contributed by atoms with E-state index < -0.39 is 11.5 Å². The van der Waals surface area contributed by atoms with Gasteiger partial charge >= 0.3 is 5.97 Å². The summed E-state index contributed by atoms with van der Waals surface area (Å²) in [4.78, 5) is 36.1. The summed E-state index contributed by atoms with van der Waals surface area (Å²) in [6.45, 7) is 1.80. The highest BCUT2D eigenvalue weighted by molar-refractivity contribution is 5.87. The van der Waals surface area contributed by atoms with Crippen LogP contribution in [0, 0.1) is 5.92 Å². The highest BCUT2D eigenvalue weighted by atomic mass is 16.4. The molecule has 136 valence electrons. The number of carbonyl (C=O) groups is 3. The van der Waals surface area contributed by atoms with Crippen molar-refractivity contribution in [1.29, 1.82) is 0 Å². The van der Waals surface area contributed by atoms with Gasteiger partial charge < -0.3 is 15.7 Å². The van der Waals surface area contributed by atoms with Crippen molar-refractivity contribution in [2.75, 3.05) is 0 Å². The molecule has 1 unspecified atom stereocenters. The van der Waals surface area contributed by atoms with Crippen molar-refractivity contribution < 1.29 is 19.5 Å². The Balaban J connectivity index is 1.85. The SMILES string of the molecule is CC(CC(=O)NC1(C(=O)O)CCCCCC1)NC(=O)C1CCCC1. The van der Waals surface area contributed by atoms with Crippen molar-refractivity contribution in [1.82, 2.24) is 10.6 Å². The van der Waals surface area contributed by atoms with Crippen molar-refractivity contribution in [2.24, 2.45) is 5.92 Å². The second-order valence-electron chi connectivity index (χ2n) is 7.44. The molecule has 2 amide bonds. The van der Waals surface area contributed by atoms with Crippen molar-refractivity contribution >= 4 is 17.8 Å². The Morgan fingerprint density at radius 1 is 1.04 bits per heavy atom. The third kappa shape index (κ3) is 4.95. The molecule has 3 N–H and O–H groups in total. The predicted molar refractivity (Wildman–Crippen MR) is 90.4 cm³/mol. The Hall–Kier alpha value is -1.59. The van der Waals surface area contributed by atoms with Crippen molar-refractivity contribution in [3.8, 4) is 0 Å². The van der Waals surface area contributed by atoms with E-state index in [0.29, 0.717) is 12.8 Å². The van der Waals surface area contributed by atoms with Gasteiger partial charge in [0.2, 0.25) is 11.8 Å². The highest BCUT2D eigenvalue weighted by Crippen LogP contribution is 2.28. The summed E-state index contributed by atoms with van der Waals surface area (Å²) >= 11 is 0. The standard InChI is InChI=1S/C18H30N2O4/c1-13(19-16(22)14-8-4-5-9-14)12-15(21)20-18(17(23)24)10-6-2-3-7-11-18/h13-14H,2-12H2,1H3,(H,19,22)(H,20,21)(H,23,24). The molecule has 0 heterocycles. The van der Waals surface area contributed by atoms with E-state index in [2.05, 4.69) is 10.6 Å². The minimum Gasteiger partial charge on any atom is -0.480 e. The van der Waals surface area contributed by atoms with Gasteiger partial charge in [-0.3, -0.25) is 9.59 Å². The molecular weight excluding hydrogens is 308 g/mol. The number of amides is 2. The average Bonchev–Trinajstić information content (AvgIpc) is 2.94. The summed E-state index contributed by atoms with van der Waals surface area (Å²) in [6, 6.07) is -0.283. The lowest BCUT2D eigenvalue weighted by molar-refractivity contribution is -0.148. The van der Waals surface area contributed by atoms with Gasteiger partial charge in [0.05, 0.1) is 0 Å². The van der Waals surface area contributed by atoms with Crippen LogP contribution in [0.15, 0.2) is 0 Å². The lowest BCUT2D eigenvalue weighted by Crippen LogP contribution is -2.55. The van der Waals surface area contributed by atoms with Crippen molar-refractivity contribution in [2.45, 2.75) is 89.1 Å². The molecule has 2 rings (SSSR count). The quantitative estimate of drug-likeness (QED) is 0.648. The largest absolute Gasteiger partial charge is 0.480 e. The maximum atomic E-state index is 12.3. The number of carbonyl (C=O) groups excluding carboxylic acids is 2. The van der Waals surface area contributed by atoms with Gasteiger partial charge in [0.15, 0.2) is 0 Å². The van der Waals surface area contributed by atoms with Gasteiger partial charge in [-0.05, 0) is 32.6 Å². The first-order chi connectivity index (χ1) is 11.4. The molecule has 0 aromatic rings. The molecule has 0 spiro atoms. The number of aliphatic carboxylic acids is 1. The number of carboxylic acid groups (broad SMARTS) is 1. The molecule has 0 aromatic heterocycles. The van der Waals surface area contributed by atoms with Gasteiger partial charge in [-0.25, -0.2) is 4.79 Å². The molecule has 6 heteroatoms. The fourth-order valence-corrected chi connectivity index (χ4v) is 3.92. The first-order valence-electron chi connectivity index (χ1n) is 9.28. The molecule has 6 nitrogen and oxygen atoms in total. The zero-order valence-electron chi connectivity index (χ0n) is 14.6. The molecule has 2 aliphatic rings. The van der Waals surface area contributed by atoms with Crippen LogP contribution in [-0.2, 0) is 14.4 Å². The van der Waals surface area contributed by atoms with Crippen LogP contribution < -0.4 is 10.6 Å².